The van der Waals surface area contributed by atoms with Crippen molar-refractivity contribution in [2.45, 2.75) is 24.6 Å². The molecule has 1 aromatic rings. The first-order valence-corrected chi connectivity index (χ1v) is 8.82. The summed E-state index contributed by atoms with van der Waals surface area (Å²) in [5.41, 5.74) is -5.97. The van der Waals surface area contributed by atoms with Crippen LogP contribution in [0.4, 0.5) is 27.6 Å². The van der Waals surface area contributed by atoms with E-state index in [0.29, 0.717) is 12.8 Å². The predicted molar refractivity (Wildman–Crippen MR) is 75.4 cm³/mol. The van der Waals surface area contributed by atoms with E-state index >= 15 is 0 Å². The molecule has 0 unspecified atom stereocenters. The van der Waals surface area contributed by atoms with Gasteiger partial charge in [0.1, 0.15) is 0 Å². The molecule has 0 amide bonds. The zero-order valence-corrected chi connectivity index (χ0v) is 14.0. The number of alkyl halides is 5. The fourth-order valence-electron chi connectivity index (χ4n) is 2.14. The molecule has 1 aliphatic heterocycles. The maximum Gasteiger partial charge on any atom is 0.586 e. The maximum atomic E-state index is 13.1. The zero-order valence-electron chi connectivity index (χ0n) is 11.6. The minimum Gasteiger partial charge on any atom is -0.395 e. The van der Waals surface area contributed by atoms with Crippen molar-refractivity contribution in [1.29, 1.82) is 0 Å². The van der Waals surface area contributed by atoms with Crippen LogP contribution in [0.1, 0.15) is 12.8 Å². The van der Waals surface area contributed by atoms with E-state index in [9.17, 15) is 30.4 Å². The molecule has 1 saturated carbocycles. The van der Waals surface area contributed by atoms with Crippen molar-refractivity contribution in [2.75, 3.05) is 10.8 Å². The van der Waals surface area contributed by atoms with Crippen molar-refractivity contribution in [3.05, 3.63) is 16.6 Å². The first-order valence-electron chi connectivity index (χ1n) is 6.59. The highest BCUT2D eigenvalue weighted by molar-refractivity contribution is 9.10. The number of ether oxygens (including phenoxy) is 2. The standard InChI is InChI=1S/C12H9BrF5NO4S/c13-7-3-9-10(23-12(17,18)22-9)4-8(7)19(5-6-1-2-6)24(20,21)11(14,15)16/h3-4,6H,1-2,5H2. The zero-order chi connectivity index (χ0) is 17.9. The summed E-state index contributed by atoms with van der Waals surface area (Å²) < 4.78 is 97.1. The molecule has 1 aliphatic carbocycles. The Morgan fingerprint density at radius 2 is 1.75 bits per heavy atom. The minimum atomic E-state index is -5.70. The van der Waals surface area contributed by atoms with Gasteiger partial charge in [0.15, 0.2) is 11.5 Å². The lowest BCUT2D eigenvalue weighted by Crippen LogP contribution is -2.42. The number of nitrogens with zero attached hydrogens (tertiary/aromatic N) is 1. The van der Waals surface area contributed by atoms with Crippen LogP contribution in [0.15, 0.2) is 16.6 Å². The Bertz CT molecular complexity index is 778. The SMILES string of the molecule is O=S(=O)(N(CC1CC1)c1cc2c(cc1Br)OC(F)(F)O2)C(F)(F)F. The normalized spacial score (nSPS) is 19.4. The third kappa shape index (κ3) is 3.13. The molecule has 1 fully saturated rings. The van der Waals surface area contributed by atoms with Crippen LogP contribution in [-0.4, -0.2) is 26.8 Å². The van der Waals surface area contributed by atoms with Crippen molar-refractivity contribution in [3.63, 3.8) is 0 Å². The second-order valence-electron chi connectivity index (χ2n) is 5.34. The molecule has 3 rings (SSSR count). The third-order valence-corrected chi connectivity index (χ3v) is 5.59. The number of benzene rings is 1. The first kappa shape index (κ1) is 17.5. The van der Waals surface area contributed by atoms with Crippen LogP contribution in [-0.2, 0) is 10.0 Å². The topological polar surface area (TPSA) is 55.8 Å². The predicted octanol–water partition coefficient (Wildman–Crippen LogP) is 3.84. The Labute approximate surface area is 141 Å². The average molecular weight is 438 g/mol. The maximum absolute atomic E-state index is 13.1. The van der Waals surface area contributed by atoms with Crippen molar-refractivity contribution < 1.29 is 39.8 Å². The first-order chi connectivity index (χ1) is 10.9. The third-order valence-electron chi connectivity index (χ3n) is 3.44. The molecule has 2 aliphatic rings. The lowest BCUT2D eigenvalue weighted by molar-refractivity contribution is -0.286. The molecule has 0 spiro atoms. The van der Waals surface area contributed by atoms with Gasteiger partial charge in [-0.05, 0) is 34.7 Å². The Morgan fingerprint density at radius 3 is 2.25 bits per heavy atom. The van der Waals surface area contributed by atoms with Crippen molar-refractivity contribution >= 4 is 31.6 Å². The van der Waals surface area contributed by atoms with Gasteiger partial charge in [-0.15, -0.1) is 8.78 Å². The monoisotopic (exact) mass is 437 g/mol. The van der Waals surface area contributed by atoms with E-state index in [2.05, 4.69) is 25.4 Å². The number of fused-ring (bicyclic) bond motifs is 1. The van der Waals surface area contributed by atoms with E-state index in [-0.39, 0.29) is 14.7 Å². The molecule has 0 bridgehead atoms. The Morgan fingerprint density at radius 1 is 1.21 bits per heavy atom. The summed E-state index contributed by atoms with van der Waals surface area (Å²) in [6.45, 7) is -0.406. The summed E-state index contributed by atoms with van der Waals surface area (Å²) in [5.74, 6) is -1.18. The van der Waals surface area contributed by atoms with Gasteiger partial charge in [-0.3, -0.25) is 4.31 Å². The molecule has 5 nitrogen and oxygen atoms in total. The molecule has 1 heterocycles. The van der Waals surface area contributed by atoms with Gasteiger partial charge in [0.05, 0.1) is 5.69 Å². The lowest BCUT2D eigenvalue weighted by Gasteiger charge is -2.26. The van der Waals surface area contributed by atoms with Crippen molar-refractivity contribution in [3.8, 4) is 11.5 Å². The molecule has 0 radical (unpaired) electrons. The van der Waals surface area contributed by atoms with Gasteiger partial charge < -0.3 is 9.47 Å². The van der Waals surface area contributed by atoms with Crippen molar-refractivity contribution in [2.24, 2.45) is 5.92 Å². The molecule has 0 atom stereocenters. The van der Waals surface area contributed by atoms with Gasteiger partial charge in [0.2, 0.25) is 0 Å². The highest BCUT2D eigenvalue weighted by atomic mass is 79.9. The molecule has 1 aromatic carbocycles. The number of halogens is 6. The summed E-state index contributed by atoms with van der Waals surface area (Å²) >= 11 is 2.90. The van der Waals surface area contributed by atoms with Gasteiger partial charge in [0, 0.05) is 23.2 Å². The molecule has 0 N–H and O–H groups in total. The highest BCUT2D eigenvalue weighted by Crippen LogP contribution is 2.48. The van der Waals surface area contributed by atoms with Crippen LogP contribution in [0.2, 0.25) is 0 Å². The van der Waals surface area contributed by atoms with E-state index in [0.717, 1.165) is 12.1 Å². The quantitative estimate of drug-likeness (QED) is 0.671. The summed E-state index contributed by atoms with van der Waals surface area (Å²) in [7, 11) is -5.70. The van der Waals surface area contributed by atoms with E-state index < -0.39 is 45.6 Å². The van der Waals surface area contributed by atoms with Gasteiger partial charge in [-0.2, -0.15) is 21.6 Å². The van der Waals surface area contributed by atoms with Crippen LogP contribution >= 0.6 is 15.9 Å². The molecule has 12 heteroatoms. The van der Waals surface area contributed by atoms with E-state index in [1.54, 1.807) is 0 Å². The highest BCUT2D eigenvalue weighted by Gasteiger charge is 2.52. The fraction of sp³-hybridized carbons (Fsp3) is 0.500. The van der Waals surface area contributed by atoms with Crippen LogP contribution in [0, 0.1) is 5.92 Å². The summed E-state index contributed by atoms with van der Waals surface area (Å²) in [6, 6.07) is 1.73. The fourth-order valence-corrected chi connectivity index (χ4v) is 3.86. The molecule has 0 aromatic heterocycles. The van der Waals surface area contributed by atoms with Gasteiger partial charge >= 0.3 is 21.8 Å². The number of hydrogen-bond donors (Lipinski definition) is 0. The average Bonchev–Trinajstić information content (AvgIpc) is 3.16. The molecular weight excluding hydrogens is 429 g/mol. The van der Waals surface area contributed by atoms with E-state index in [1.807, 2.05) is 0 Å². The summed E-state index contributed by atoms with van der Waals surface area (Å²) in [6.07, 6.45) is -2.79. The number of sulfonamides is 1. The second-order valence-corrected chi connectivity index (χ2v) is 8.05. The number of rotatable bonds is 4. The van der Waals surface area contributed by atoms with Crippen LogP contribution < -0.4 is 13.8 Å². The molecular formula is C12H9BrF5NO4S. The van der Waals surface area contributed by atoms with Gasteiger partial charge in [0.25, 0.3) is 0 Å². The molecule has 134 valence electrons. The Balaban J connectivity index is 2.06. The van der Waals surface area contributed by atoms with Crippen LogP contribution in [0.3, 0.4) is 0 Å². The largest absolute Gasteiger partial charge is 0.586 e. The lowest BCUT2D eigenvalue weighted by atomic mass is 10.2. The second kappa shape index (κ2) is 5.35. The Hall–Kier alpha value is -1.30. The molecule has 24 heavy (non-hydrogen) atoms. The van der Waals surface area contributed by atoms with E-state index in [4.69, 9.17) is 0 Å². The summed E-state index contributed by atoms with van der Waals surface area (Å²) in [4.78, 5) is 0. The number of hydrogen-bond acceptors (Lipinski definition) is 4. The number of anilines is 1. The Kier molecular flexibility index (Phi) is 3.90. The smallest absolute Gasteiger partial charge is 0.395 e. The molecule has 0 saturated heterocycles. The minimum absolute atomic E-state index is 0.143. The van der Waals surface area contributed by atoms with Gasteiger partial charge in [-0.25, -0.2) is 0 Å². The van der Waals surface area contributed by atoms with E-state index in [1.165, 1.54) is 0 Å². The van der Waals surface area contributed by atoms with Crippen molar-refractivity contribution in [1.82, 2.24) is 0 Å². The van der Waals surface area contributed by atoms with Gasteiger partial charge in [-0.1, -0.05) is 0 Å². The van der Waals surface area contributed by atoms with Crippen LogP contribution in [0.5, 0.6) is 11.5 Å². The summed E-state index contributed by atoms with van der Waals surface area (Å²) in [5, 5.41) is 0. The van der Waals surface area contributed by atoms with Crippen LogP contribution in [0.25, 0.3) is 0 Å².